The van der Waals surface area contributed by atoms with Crippen molar-refractivity contribution in [2.45, 2.75) is 38.8 Å². The van der Waals surface area contributed by atoms with Crippen molar-refractivity contribution >= 4 is 23.2 Å². The molecule has 0 heterocycles. The summed E-state index contributed by atoms with van der Waals surface area (Å²) in [6.07, 6.45) is 2.06. The summed E-state index contributed by atoms with van der Waals surface area (Å²) in [4.78, 5) is 12.6. The van der Waals surface area contributed by atoms with E-state index in [1.807, 2.05) is 26.0 Å². The normalized spacial score (nSPS) is 17.0. The molecule has 0 bridgehead atoms. The standard InChI is InChI=1S/C20H23ClN2O2/c1-12-10-18(19(25-3)11-16(12)21)23-20(24)13(2)22-17-9-8-14-6-4-5-7-15(14)17/h4-7,10-11,13,17,22H,8-9H2,1-3H3,(H,23,24)/t13-,17+/m0/s1. The number of nitrogens with one attached hydrogen (secondary N) is 2. The van der Waals surface area contributed by atoms with E-state index in [0.29, 0.717) is 16.5 Å². The first kappa shape index (κ1) is 17.8. The SMILES string of the molecule is COc1cc(Cl)c(C)cc1NC(=O)[C@H](C)N[C@@H]1CCc2ccccc21. The molecule has 0 unspecified atom stereocenters. The number of methoxy groups -OCH3 is 1. The van der Waals surface area contributed by atoms with Gasteiger partial charge in [0.25, 0.3) is 0 Å². The number of benzene rings is 2. The van der Waals surface area contributed by atoms with Crippen LogP contribution in [0.25, 0.3) is 0 Å². The molecule has 5 heteroatoms. The van der Waals surface area contributed by atoms with Crippen LogP contribution in [0.2, 0.25) is 5.02 Å². The van der Waals surface area contributed by atoms with Crippen LogP contribution in [0.3, 0.4) is 0 Å². The van der Waals surface area contributed by atoms with Gasteiger partial charge in [-0.1, -0.05) is 35.9 Å². The number of aryl methyl sites for hydroxylation is 2. The van der Waals surface area contributed by atoms with Gasteiger partial charge in [-0.15, -0.1) is 0 Å². The van der Waals surface area contributed by atoms with Crippen LogP contribution in [0.4, 0.5) is 5.69 Å². The minimum Gasteiger partial charge on any atom is -0.495 e. The molecule has 4 nitrogen and oxygen atoms in total. The minimum absolute atomic E-state index is 0.0931. The molecule has 25 heavy (non-hydrogen) atoms. The number of amides is 1. The van der Waals surface area contributed by atoms with Crippen molar-refractivity contribution in [2.75, 3.05) is 12.4 Å². The predicted octanol–water partition coefficient (Wildman–Crippen LogP) is 4.26. The van der Waals surface area contributed by atoms with Gasteiger partial charge in [0.15, 0.2) is 0 Å². The molecule has 1 aliphatic rings. The first-order valence-corrected chi connectivity index (χ1v) is 8.86. The van der Waals surface area contributed by atoms with Gasteiger partial charge in [0.1, 0.15) is 5.75 Å². The molecule has 0 aliphatic heterocycles. The molecule has 1 aliphatic carbocycles. The van der Waals surface area contributed by atoms with Gasteiger partial charge < -0.3 is 10.1 Å². The lowest BCUT2D eigenvalue weighted by atomic mass is 10.1. The largest absolute Gasteiger partial charge is 0.495 e. The third kappa shape index (κ3) is 3.80. The molecular weight excluding hydrogens is 336 g/mol. The fourth-order valence-electron chi connectivity index (χ4n) is 3.28. The lowest BCUT2D eigenvalue weighted by Crippen LogP contribution is -2.39. The number of carbonyl (C=O) groups is 1. The van der Waals surface area contributed by atoms with Gasteiger partial charge >= 0.3 is 0 Å². The van der Waals surface area contributed by atoms with E-state index in [9.17, 15) is 4.79 Å². The Morgan fingerprint density at radius 1 is 1.32 bits per heavy atom. The number of anilines is 1. The van der Waals surface area contributed by atoms with Crippen LogP contribution in [0.5, 0.6) is 5.75 Å². The summed E-state index contributed by atoms with van der Waals surface area (Å²) in [6.45, 7) is 3.78. The van der Waals surface area contributed by atoms with E-state index in [-0.39, 0.29) is 18.0 Å². The monoisotopic (exact) mass is 358 g/mol. The maximum atomic E-state index is 12.6. The molecule has 0 spiro atoms. The zero-order valence-corrected chi connectivity index (χ0v) is 15.5. The molecule has 0 radical (unpaired) electrons. The Balaban J connectivity index is 1.69. The Kier molecular flexibility index (Phi) is 5.30. The molecule has 2 atom stereocenters. The number of hydrogen-bond donors (Lipinski definition) is 2. The topological polar surface area (TPSA) is 50.4 Å². The van der Waals surface area contributed by atoms with Gasteiger partial charge in [-0.2, -0.15) is 0 Å². The van der Waals surface area contributed by atoms with Gasteiger partial charge in [-0.05, 0) is 49.4 Å². The van der Waals surface area contributed by atoms with Crippen molar-refractivity contribution in [3.8, 4) is 5.75 Å². The fraction of sp³-hybridized carbons (Fsp3) is 0.350. The maximum absolute atomic E-state index is 12.6. The van der Waals surface area contributed by atoms with Gasteiger partial charge in [0.2, 0.25) is 5.91 Å². The number of halogens is 1. The molecular formula is C20H23ClN2O2. The van der Waals surface area contributed by atoms with Crippen LogP contribution in [-0.2, 0) is 11.2 Å². The highest BCUT2D eigenvalue weighted by molar-refractivity contribution is 6.31. The Bertz CT molecular complexity index is 791. The summed E-state index contributed by atoms with van der Waals surface area (Å²) in [7, 11) is 1.56. The number of hydrogen-bond acceptors (Lipinski definition) is 3. The van der Waals surface area contributed by atoms with Crippen LogP contribution in [0.1, 0.15) is 36.1 Å². The molecule has 0 aromatic heterocycles. The molecule has 3 rings (SSSR count). The highest BCUT2D eigenvalue weighted by Gasteiger charge is 2.25. The second kappa shape index (κ2) is 7.46. The van der Waals surface area contributed by atoms with Crippen molar-refractivity contribution in [3.05, 3.63) is 58.1 Å². The number of fused-ring (bicyclic) bond motifs is 1. The lowest BCUT2D eigenvalue weighted by molar-refractivity contribution is -0.118. The Morgan fingerprint density at radius 2 is 2.08 bits per heavy atom. The van der Waals surface area contributed by atoms with Gasteiger partial charge in [-0.25, -0.2) is 0 Å². The van der Waals surface area contributed by atoms with Crippen LogP contribution in [-0.4, -0.2) is 19.1 Å². The molecule has 2 aromatic carbocycles. The molecule has 0 saturated carbocycles. The molecule has 2 aromatic rings. The molecule has 0 fully saturated rings. The summed E-state index contributed by atoms with van der Waals surface area (Å²) in [6, 6.07) is 11.8. The van der Waals surface area contributed by atoms with E-state index in [4.69, 9.17) is 16.3 Å². The summed E-state index contributed by atoms with van der Waals surface area (Å²) in [5.41, 5.74) is 4.18. The van der Waals surface area contributed by atoms with E-state index >= 15 is 0 Å². The maximum Gasteiger partial charge on any atom is 0.241 e. The third-order valence-corrected chi connectivity index (χ3v) is 5.12. The number of carbonyl (C=O) groups excluding carboxylic acids is 1. The van der Waals surface area contributed by atoms with Crippen molar-refractivity contribution in [2.24, 2.45) is 0 Å². The van der Waals surface area contributed by atoms with Crippen molar-refractivity contribution < 1.29 is 9.53 Å². The molecule has 1 amide bonds. The quantitative estimate of drug-likeness (QED) is 0.839. The van der Waals surface area contributed by atoms with Crippen LogP contribution in [0, 0.1) is 6.92 Å². The van der Waals surface area contributed by atoms with Crippen LogP contribution in [0.15, 0.2) is 36.4 Å². The van der Waals surface area contributed by atoms with Gasteiger partial charge in [0.05, 0.1) is 18.8 Å². The predicted molar refractivity (Wildman–Crippen MR) is 101 cm³/mol. The zero-order valence-electron chi connectivity index (χ0n) is 14.7. The van der Waals surface area contributed by atoms with Crippen LogP contribution >= 0.6 is 11.6 Å². The van der Waals surface area contributed by atoms with E-state index in [0.717, 1.165) is 18.4 Å². The average Bonchev–Trinajstić information content (AvgIpc) is 3.01. The average molecular weight is 359 g/mol. The first-order chi connectivity index (χ1) is 12.0. The van der Waals surface area contributed by atoms with Crippen LogP contribution < -0.4 is 15.4 Å². The zero-order chi connectivity index (χ0) is 18.0. The highest BCUT2D eigenvalue weighted by Crippen LogP contribution is 2.32. The highest BCUT2D eigenvalue weighted by atomic mass is 35.5. The molecule has 132 valence electrons. The smallest absolute Gasteiger partial charge is 0.241 e. The van der Waals surface area contributed by atoms with E-state index in [1.165, 1.54) is 11.1 Å². The Morgan fingerprint density at radius 3 is 2.84 bits per heavy atom. The first-order valence-electron chi connectivity index (χ1n) is 8.48. The Labute approximate surface area is 153 Å². The third-order valence-electron chi connectivity index (χ3n) is 4.72. The summed E-state index contributed by atoms with van der Waals surface area (Å²) >= 11 is 6.12. The summed E-state index contributed by atoms with van der Waals surface area (Å²) in [5, 5.41) is 7.00. The summed E-state index contributed by atoms with van der Waals surface area (Å²) < 4.78 is 5.32. The summed E-state index contributed by atoms with van der Waals surface area (Å²) in [5.74, 6) is 0.465. The van der Waals surface area contributed by atoms with E-state index in [2.05, 4.69) is 28.8 Å². The lowest BCUT2D eigenvalue weighted by Gasteiger charge is -2.21. The second-order valence-corrected chi connectivity index (χ2v) is 6.88. The van der Waals surface area contributed by atoms with Crippen molar-refractivity contribution in [1.82, 2.24) is 5.32 Å². The minimum atomic E-state index is -0.322. The molecule has 0 saturated heterocycles. The number of ether oxygens (including phenoxy) is 1. The van der Waals surface area contributed by atoms with Gasteiger partial charge in [0, 0.05) is 17.1 Å². The van der Waals surface area contributed by atoms with Gasteiger partial charge in [-0.3, -0.25) is 10.1 Å². The fourth-order valence-corrected chi connectivity index (χ4v) is 3.43. The van der Waals surface area contributed by atoms with Crippen molar-refractivity contribution in [1.29, 1.82) is 0 Å². The van der Waals surface area contributed by atoms with E-state index in [1.54, 1.807) is 13.2 Å². The Hall–Kier alpha value is -2.04. The number of rotatable bonds is 5. The van der Waals surface area contributed by atoms with Crippen molar-refractivity contribution in [3.63, 3.8) is 0 Å². The second-order valence-electron chi connectivity index (χ2n) is 6.47. The molecule has 2 N–H and O–H groups in total. The van der Waals surface area contributed by atoms with E-state index < -0.39 is 0 Å².